The Hall–Kier alpha value is -4.48. The molecule has 3 aromatic heterocycles. The summed E-state index contributed by atoms with van der Waals surface area (Å²) in [5, 5.41) is 18.6. The lowest BCUT2D eigenvalue weighted by Gasteiger charge is -2.28. The van der Waals surface area contributed by atoms with Crippen molar-refractivity contribution in [2.24, 2.45) is 12.5 Å². The predicted octanol–water partition coefficient (Wildman–Crippen LogP) is 3.88. The van der Waals surface area contributed by atoms with E-state index in [9.17, 15) is 31.1 Å². The molecule has 1 amide bonds. The van der Waals surface area contributed by atoms with Crippen molar-refractivity contribution in [1.29, 1.82) is 0 Å². The summed E-state index contributed by atoms with van der Waals surface area (Å²) < 4.78 is 67.4. The Bertz CT molecular complexity index is 1470. The lowest BCUT2D eigenvalue weighted by molar-refractivity contribution is -0.193. The molecule has 0 aromatic carbocycles. The molecule has 18 heteroatoms. The number of likely N-dealkylation sites (tertiary alicyclic amines) is 2. The van der Waals surface area contributed by atoms with Crippen LogP contribution in [0.5, 0.6) is 0 Å². The Morgan fingerprint density at radius 3 is 2.07 bits per heavy atom. The maximum absolute atomic E-state index is 13.9. The van der Waals surface area contributed by atoms with Gasteiger partial charge in [0.2, 0.25) is 5.91 Å². The summed E-state index contributed by atoms with van der Waals surface area (Å²) in [6, 6.07) is 4.33. The molecule has 5 heterocycles. The third kappa shape index (κ3) is 9.04. The smallest absolute Gasteiger partial charge is 0.475 e. The van der Waals surface area contributed by atoms with Crippen LogP contribution in [0.1, 0.15) is 49.0 Å². The Balaban J connectivity index is 0.000000345. The van der Waals surface area contributed by atoms with E-state index >= 15 is 0 Å². The zero-order valence-corrected chi connectivity index (χ0v) is 25.0. The van der Waals surface area contributed by atoms with Crippen LogP contribution in [-0.4, -0.2) is 94.2 Å². The van der Waals surface area contributed by atoms with Crippen LogP contribution in [0.3, 0.4) is 0 Å². The van der Waals surface area contributed by atoms with Crippen molar-refractivity contribution >= 4 is 17.8 Å². The van der Waals surface area contributed by atoms with E-state index < -0.39 is 29.7 Å². The van der Waals surface area contributed by atoms with Crippen molar-refractivity contribution in [2.75, 3.05) is 19.6 Å². The van der Waals surface area contributed by atoms with Gasteiger partial charge in [0.05, 0.1) is 23.6 Å². The molecule has 2 saturated heterocycles. The SMILES string of the molecule is CC(C)n1cnc(C2CN(Cc3cnn(C)c3)CC23CCN(Cc2ccncc2)C3=O)c1.O=C(O)C(F)(F)F.O=C(O)C(F)(F)F. The van der Waals surface area contributed by atoms with E-state index in [4.69, 9.17) is 24.8 Å². The van der Waals surface area contributed by atoms with E-state index in [0.29, 0.717) is 12.6 Å². The highest BCUT2D eigenvalue weighted by atomic mass is 19.4. The van der Waals surface area contributed by atoms with Crippen LogP contribution in [0.25, 0.3) is 0 Å². The van der Waals surface area contributed by atoms with Gasteiger partial charge < -0.3 is 19.7 Å². The Kier molecular flexibility index (Phi) is 11.2. The summed E-state index contributed by atoms with van der Waals surface area (Å²) in [6.07, 6.45) is 2.30. The van der Waals surface area contributed by atoms with Crippen LogP contribution in [-0.2, 0) is 34.5 Å². The molecular formula is C28H33F6N7O5. The first kappa shape index (κ1) is 36.0. The van der Waals surface area contributed by atoms with E-state index in [0.717, 1.165) is 43.9 Å². The molecule has 2 aliphatic rings. The number of aliphatic carboxylic acids is 2. The molecule has 3 aromatic rings. The quantitative estimate of drug-likeness (QED) is 0.376. The first-order valence-corrected chi connectivity index (χ1v) is 13.8. The molecular weight excluding hydrogens is 628 g/mol. The van der Waals surface area contributed by atoms with Gasteiger partial charge in [-0.1, -0.05) is 0 Å². The number of aromatic nitrogens is 5. The fraction of sp³-hybridized carbons (Fsp3) is 0.500. The molecule has 2 N–H and O–H groups in total. The number of aryl methyl sites for hydroxylation is 1. The molecule has 5 rings (SSSR count). The van der Waals surface area contributed by atoms with Gasteiger partial charge in [0.1, 0.15) is 0 Å². The fourth-order valence-electron chi connectivity index (χ4n) is 5.32. The van der Waals surface area contributed by atoms with Crippen molar-refractivity contribution in [3.05, 3.63) is 66.3 Å². The number of alkyl halides is 6. The van der Waals surface area contributed by atoms with Crippen LogP contribution < -0.4 is 0 Å². The van der Waals surface area contributed by atoms with Gasteiger partial charge in [-0.3, -0.25) is 19.4 Å². The minimum atomic E-state index is -5.08. The molecule has 1 spiro atoms. The molecule has 0 aliphatic carbocycles. The highest BCUT2D eigenvalue weighted by molar-refractivity contribution is 5.86. The first-order chi connectivity index (χ1) is 21.3. The number of carbonyl (C=O) groups excluding carboxylic acids is 1. The number of imidazole rings is 1. The van der Waals surface area contributed by atoms with Crippen molar-refractivity contribution in [2.45, 2.75) is 57.7 Å². The van der Waals surface area contributed by atoms with Gasteiger partial charge in [-0.2, -0.15) is 31.4 Å². The topological polar surface area (TPSA) is 147 Å². The third-order valence-corrected chi connectivity index (χ3v) is 7.50. The van der Waals surface area contributed by atoms with Crippen LogP contribution in [0.4, 0.5) is 26.3 Å². The number of amides is 1. The molecule has 0 bridgehead atoms. The van der Waals surface area contributed by atoms with E-state index in [-0.39, 0.29) is 11.8 Å². The minimum Gasteiger partial charge on any atom is -0.475 e. The lowest BCUT2D eigenvalue weighted by Crippen LogP contribution is -2.39. The highest BCUT2D eigenvalue weighted by Gasteiger charge is 2.57. The van der Waals surface area contributed by atoms with E-state index in [1.54, 1.807) is 12.4 Å². The Morgan fingerprint density at radius 1 is 1.00 bits per heavy atom. The number of hydrogen-bond acceptors (Lipinski definition) is 7. The van der Waals surface area contributed by atoms with Gasteiger partial charge >= 0.3 is 24.3 Å². The van der Waals surface area contributed by atoms with Crippen molar-refractivity contribution in [1.82, 2.24) is 34.1 Å². The third-order valence-electron chi connectivity index (χ3n) is 7.50. The lowest BCUT2D eigenvalue weighted by atomic mass is 9.75. The number of rotatable bonds is 6. The van der Waals surface area contributed by atoms with Crippen molar-refractivity contribution in [3.63, 3.8) is 0 Å². The highest BCUT2D eigenvalue weighted by Crippen LogP contribution is 2.50. The molecule has 2 atom stereocenters. The number of pyridine rings is 1. The van der Waals surface area contributed by atoms with Gasteiger partial charge in [-0.25, -0.2) is 14.6 Å². The molecule has 2 aliphatic heterocycles. The van der Waals surface area contributed by atoms with Gasteiger partial charge in [0, 0.05) is 82.1 Å². The number of carboxylic acids is 2. The van der Waals surface area contributed by atoms with Crippen molar-refractivity contribution < 1.29 is 50.9 Å². The molecule has 0 radical (unpaired) electrons. The number of hydrogen-bond donors (Lipinski definition) is 2. The van der Waals surface area contributed by atoms with E-state index in [2.05, 4.69) is 45.8 Å². The number of nitrogens with zero attached hydrogens (tertiary/aromatic N) is 7. The average Bonchev–Trinajstić information content (AvgIpc) is 3.74. The maximum Gasteiger partial charge on any atom is 0.490 e. The van der Waals surface area contributed by atoms with Gasteiger partial charge in [0.15, 0.2) is 0 Å². The summed E-state index contributed by atoms with van der Waals surface area (Å²) >= 11 is 0. The Labute approximate surface area is 259 Å². The zero-order valence-electron chi connectivity index (χ0n) is 25.0. The second kappa shape index (κ2) is 14.3. The monoisotopic (exact) mass is 661 g/mol. The second-order valence-electron chi connectivity index (χ2n) is 11.2. The summed E-state index contributed by atoms with van der Waals surface area (Å²) in [4.78, 5) is 45.0. The van der Waals surface area contributed by atoms with Gasteiger partial charge in [0.25, 0.3) is 0 Å². The van der Waals surface area contributed by atoms with Crippen LogP contribution >= 0.6 is 0 Å². The number of halogens is 6. The molecule has 0 saturated carbocycles. The maximum atomic E-state index is 13.9. The van der Waals surface area contributed by atoms with Crippen LogP contribution in [0, 0.1) is 5.41 Å². The zero-order chi connectivity index (χ0) is 34.4. The summed E-state index contributed by atoms with van der Waals surface area (Å²) in [5.74, 6) is -5.17. The largest absolute Gasteiger partial charge is 0.490 e. The van der Waals surface area contributed by atoms with Gasteiger partial charge in [-0.15, -0.1) is 0 Å². The molecule has 252 valence electrons. The molecule has 2 fully saturated rings. The standard InChI is InChI=1S/C24H31N7O.2C2HF3O2/c1-18(2)31-15-22(26-17-31)21-14-29(12-20-10-27-28(3)11-20)16-24(21)6-9-30(23(24)32)13-19-4-7-25-8-5-19;2*3-2(4,5)1(6)7/h4-5,7-8,10-11,15,17-18,21H,6,9,12-14,16H2,1-3H3;2*(H,6,7). The average molecular weight is 662 g/mol. The van der Waals surface area contributed by atoms with Crippen LogP contribution in [0.15, 0.2) is 49.4 Å². The summed E-state index contributed by atoms with van der Waals surface area (Å²) in [7, 11) is 1.94. The molecule has 2 unspecified atom stereocenters. The normalized spacial score (nSPS) is 20.0. The Morgan fingerprint density at radius 2 is 1.59 bits per heavy atom. The summed E-state index contributed by atoms with van der Waals surface area (Å²) in [6.45, 7) is 8.12. The number of carbonyl (C=O) groups is 3. The predicted molar refractivity (Wildman–Crippen MR) is 148 cm³/mol. The molecule has 46 heavy (non-hydrogen) atoms. The summed E-state index contributed by atoms with van der Waals surface area (Å²) in [5.41, 5.74) is 2.91. The van der Waals surface area contributed by atoms with Crippen LogP contribution in [0.2, 0.25) is 0 Å². The van der Waals surface area contributed by atoms with E-state index in [1.807, 2.05) is 41.3 Å². The van der Waals surface area contributed by atoms with Crippen molar-refractivity contribution in [3.8, 4) is 0 Å². The second-order valence-corrected chi connectivity index (χ2v) is 11.2. The fourth-order valence-corrected chi connectivity index (χ4v) is 5.32. The number of carboxylic acid groups (broad SMARTS) is 2. The van der Waals surface area contributed by atoms with E-state index in [1.165, 1.54) is 5.56 Å². The van der Waals surface area contributed by atoms with Gasteiger partial charge in [-0.05, 0) is 38.0 Å². The molecule has 12 nitrogen and oxygen atoms in total. The first-order valence-electron chi connectivity index (χ1n) is 13.8. The minimum absolute atomic E-state index is 0.0918.